The van der Waals surface area contributed by atoms with E-state index in [-0.39, 0.29) is 0 Å². The number of rotatable bonds is 14. The summed E-state index contributed by atoms with van der Waals surface area (Å²) in [5, 5.41) is 0. The third-order valence-electron chi connectivity index (χ3n) is 7.59. The lowest BCUT2D eigenvalue weighted by Crippen LogP contribution is -2.28. The lowest BCUT2D eigenvalue weighted by molar-refractivity contribution is 0.00576. The van der Waals surface area contributed by atoms with Crippen molar-refractivity contribution < 1.29 is 4.74 Å². The average molecular weight is 379 g/mol. The van der Waals surface area contributed by atoms with Crippen molar-refractivity contribution in [2.24, 2.45) is 17.8 Å². The molecule has 2 aliphatic rings. The van der Waals surface area contributed by atoms with Crippen LogP contribution in [0.5, 0.6) is 0 Å². The Labute approximate surface area is 171 Å². The van der Waals surface area contributed by atoms with E-state index < -0.39 is 0 Å². The van der Waals surface area contributed by atoms with Crippen molar-refractivity contribution in [3.8, 4) is 0 Å². The summed E-state index contributed by atoms with van der Waals surface area (Å²) in [5.74, 6) is 3.14. The topological polar surface area (TPSA) is 9.23 Å². The zero-order valence-corrected chi connectivity index (χ0v) is 18.9. The van der Waals surface area contributed by atoms with Gasteiger partial charge >= 0.3 is 0 Å². The Kier molecular flexibility index (Phi) is 12.8. The number of ether oxygens (including phenoxy) is 1. The molecule has 27 heavy (non-hydrogen) atoms. The van der Waals surface area contributed by atoms with E-state index in [1.54, 1.807) is 0 Å². The molecule has 2 saturated carbocycles. The summed E-state index contributed by atoms with van der Waals surface area (Å²) in [7, 11) is 0. The predicted molar refractivity (Wildman–Crippen MR) is 119 cm³/mol. The molecule has 2 fully saturated rings. The fourth-order valence-corrected chi connectivity index (χ4v) is 5.64. The molecule has 0 radical (unpaired) electrons. The monoisotopic (exact) mass is 378 g/mol. The molecule has 0 saturated heterocycles. The Balaban J connectivity index is 1.46. The highest BCUT2D eigenvalue weighted by Crippen LogP contribution is 2.41. The average Bonchev–Trinajstić information content (AvgIpc) is 2.71. The van der Waals surface area contributed by atoms with Crippen LogP contribution in [0, 0.1) is 17.8 Å². The van der Waals surface area contributed by atoms with Crippen LogP contribution < -0.4 is 0 Å². The van der Waals surface area contributed by atoms with Gasteiger partial charge in [0, 0.05) is 6.61 Å². The highest BCUT2D eigenvalue weighted by atomic mass is 16.5. The van der Waals surface area contributed by atoms with E-state index in [1.807, 2.05) is 0 Å². The summed E-state index contributed by atoms with van der Waals surface area (Å²) in [6, 6.07) is 0. The molecule has 1 nitrogen and oxygen atoms in total. The third kappa shape index (κ3) is 9.82. The summed E-state index contributed by atoms with van der Waals surface area (Å²) in [4.78, 5) is 0. The van der Waals surface area contributed by atoms with Crippen LogP contribution in [-0.4, -0.2) is 12.7 Å². The molecule has 0 heterocycles. The molecule has 2 rings (SSSR count). The van der Waals surface area contributed by atoms with Gasteiger partial charge in [-0.25, -0.2) is 0 Å². The fourth-order valence-electron chi connectivity index (χ4n) is 5.64. The van der Waals surface area contributed by atoms with Gasteiger partial charge in [0.1, 0.15) is 0 Å². The largest absolute Gasteiger partial charge is 0.378 e. The van der Waals surface area contributed by atoms with E-state index in [4.69, 9.17) is 4.74 Å². The first-order valence-corrected chi connectivity index (χ1v) is 12.9. The molecule has 0 aromatic heterocycles. The molecular weight excluding hydrogens is 328 g/mol. The maximum absolute atomic E-state index is 6.07. The molecule has 0 aromatic carbocycles. The Hall–Kier alpha value is -0.0400. The smallest absolute Gasteiger partial charge is 0.0575 e. The second-order valence-corrected chi connectivity index (χ2v) is 9.81. The molecule has 0 aromatic rings. The van der Waals surface area contributed by atoms with Crippen molar-refractivity contribution in [2.45, 2.75) is 142 Å². The lowest BCUT2D eigenvalue weighted by Gasteiger charge is -2.38. The second kappa shape index (κ2) is 14.9. The quantitative estimate of drug-likeness (QED) is 0.275. The van der Waals surface area contributed by atoms with Crippen LogP contribution in [0.3, 0.4) is 0 Å². The molecule has 0 aliphatic heterocycles. The fraction of sp³-hybridized carbons (Fsp3) is 1.00. The van der Waals surface area contributed by atoms with Crippen LogP contribution in [0.25, 0.3) is 0 Å². The van der Waals surface area contributed by atoms with E-state index in [1.165, 1.54) is 122 Å². The Morgan fingerprint density at radius 2 is 1.07 bits per heavy atom. The molecule has 0 unspecified atom stereocenters. The van der Waals surface area contributed by atoms with Crippen LogP contribution in [0.15, 0.2) is 0 Å². The van der Waals surface area contributed by atoms with Crippen LogP contribution in [0.1, 0.15) is 136 Å². The Morgan fingerprint density at radius 3 is 1.67 bits per heavy atom. The first-order chi connectivity index (χ1) is 13.3. The number of hydrogen-bond acceptors (Lipinski definition) is 1. The van der Waals surface area contributed by atoms with E-state index in [2.05, 4.69) is 13.8 Å². The van der Waals surface area contributed by atoms with E-state index in [0.29, 0.717) is 6.10 Å². The van der Waals surface area contributed by atoms with Gasteiger partial charge in [0.05, 0.1) is 6.10 Å². The van der Waals surface area contributed by atoms with Crippen LogP contribution in [0.4, 0.5) is 0 Å². The molecule has 0 amide bonds. The lowest BCUT2D eigenvalue weighted by atomic mass is 9.70. The SMILES string of the molecule is CCCCCCCCCCC1CCC([C@H]2CC[C@H](OCCCC)CC2)CC1. The maximum Gasteiger partial charge on any atom is 0.0575 e. The van der Waals surface area contributed by atoms with Gasteiger partial charge in [-0.05, 0) is 62.7 Å². The Bertz CT molecular complexity index is 323. The minimum absolute atomic E-state index is 0.589. The van der Waals surface area contributed by atoms with Crippen molar-refractivity contribution >= 4 is 0 Å². The van der Waals surface area contributed by atoms with Gasteiger partial charge in [-0.2, -0.15) is 0 Å². The van der Waals surface area contributed by atoms with Gasteiger partial charge in [0.25, 0.3) is 0 Å². The van der Waals surface area contributed by atoms with E-state index >= 15 is 0 Å². The van der Waals surface area contributed by atoms with Gasteiger partial charge in [0.2, 0.25) is 0 Å². The second-order valence-electron chi connectivity index (χ2n) is 9.81. The maximum atomic E-state index is 6.07. The van der Waals surface area contributed by atoms with Gasteiger partial charge in [0.15, 0.2) is 0 Å². The summed E-state index contributed by atoms with van der Waals surface area (Å²) in [6.45, 7) is 5.56. The van der Waals surface area contributed by atoms with Crippen molar-refractivity contribution in [3.05, 3.63) is 0 Å². The zero-order chi connectivity index (χ0) is 19.2. The third-order valence-corrected chi connectivity index (χ3v) is 7.59. The predicted octanol–water partition coefficient (Wildman–Crippen LogP) is 8.70. The van der Waals surface area contributed by atoms with Crippen LogP contribution >= 0.6 is 0 Å². The van der Waals surface area contributed by atoms with Gasteiger partial charge in [-0.1, -0.05) is 90.9 Å². The Morgan fingerprint density at radius 1 is 0.556 bits per heavy atom. The van der Waals surface area contributed by atoms with Crippen molar-refractivity contribution in [3.63, 3.8) is 0 Å². The normalized spacial score (nSPS) is 29.1. The van der Waals surface area contributed by atoms with Gasteiger partial charge < -0.3 is 4.74 Å². The van der Waals surface area contributed by atoms with Crippen LogP contribution in [-0.2, 0) is 4.74 Å². The molecule has 2 aliphatic carbocycles. The molecule has 1 heteroatoms. The first-order valence-electron chi connectivity index (χ1n) is 12.9. The highest BCUT2D eigenvalue weighted by Gasteiger charge is 2.30. The molecule has 0 atom stereocenters. The number of unbranched alkanes of at least 4 members (excludes halogenated alkanes) is 8. The minimum atomic E-state index is 0.589. The van der Waals surface area contributed by atoms with Crippen molar-refractivity contribution in [1.82, 2.24) is 0 Å². The summed E-state index contributed by atoms with van der Waals surface area (Å²) in [6.07, 6.45) is 28.1. The summed E-state index contributed by atoms with van der Waals surface area (Å²) >= 11 is 0. The van der Waals surface area contributed by atoms with E-state index in [9.17, 15) is 0 Å². The standard InChI is InChI=1S/C26H50O/c1-3-5-7-8-9-10-11-12-13-23-14-16-24(17-15-23)25-18-20-26(21-19-25)27-22-6-4-2/h23-26H,3-22H2,1-2H3/t23?,24?,25-,26-. The summed E-state index contributed by atoms with van der Waals surface area (Å²) < 4.78 is 6.07. The summed E-state index contributed by atoms with van der Waals surface area (Å²) in [5.41, 5.74) is 0. The number of hydrogen-bond donors (Lipinski definition) is 0. The van der Waals surface area contributed by atoms with Gasteiger partial charge in [-0.3, -0.25) is 0 Å². The molecule has 0 bridgehead atoms. The minimum Gasteiger partial charge on any atom is -0.378 e. The van der Waals surface area contributed by atoms with Crippen molar-refractivity contribution in [1.29, 1.82) is 0 Å². The van der Waals surface area contributed by atoms with Gasteiger partial charge in [-0.15, -0.1) is 0 Å². The highest BCUT2D eigenvalue weighted by molar-refractivity contribution is 4.82. The van der Waals surface area contributed by atoms with Crippen molar-refractivity contribution in [2.75, 3.05) is 6.61 Å². The van der Waals surface area contributed by atoms with Crippen LogP contribution in [0.2, 0.25) is 0 Å². The molecule has 0 spiro atoms. The molecule has 160 valence electrons. The molecular formula is C26H50O. The molecule has 0 N–H and O–H groups in total. The first kappa shape index (κ1) is 23.2. The zero-order valence-electron chi connectivity index (χ0n) is 18.9. The van der Waals surface area contributed by atoms with E-state index in [0.717, 1.165) is 24.4 Å².